The molecule has 0 radical (unpaired) electrons. The van der Waals surface area contributed by atoms with E-state index in [9.17, 15) is 14.4 Å². The van der Waals surface area contributed by atoms with Gasteiger partial charge in [0.25, 0.3) is 0 Å². The third kappa shape index (κ3) is 8.45. The molecule has 0 unspecified atom stereocenters. The summed E-state index contributed by atoms with van der Waals surface area (Å²) in [6.07, 6.45) is 0.127. The van der Waals surface area contributed by atoms with Crippen molar-refractivity contribution < 1.29 is 19.1 Å². The van der Waals surface area contributed by atoms with Crippen LogP contribution in [-0.4, -0.2) is 37.0 Å². The molecular formula is C16H23N3O4. The minimum absolute atomic E-state index is 0.0606. The second-order valence-corrected chi connectivity index (χ2v) is 5.07. The van der Waals surface area contributed by atoms with Crippen molar-refractivity contribution in [3.63, 3.8) is 0 Å². The van der Waals surface area contributed by atoms with E-state index >= 15 is 0 Å². The molecule has 1 atom stereocenters. The highest BCUT2D eigenvalue weighted by atomic mass is 16.5. The summed E-state index contributed by atoms with van der Waals surface area (Å²) in [6, 6.07) is 9.27. The molecule has 0 saturated carbocycles. The van der Waals surface area contributed by atoms with E-state index < -0.39 is 12.0 Å². The normalized spacial score (nSPS) is 11.2. The van der Waals surface area contributed by atoms with Crippen molar-refractivity contribution in [3.05, 3.63) is 35.9 Å². The monoisotopic (exact) mass is 321 g/mol. The molecule has 0 aromatic heterocycles. The highest BCUT2D eigenvalue weighted by Gasteiger charge is 2.09. The largest absolute Gasteiger partial charge is 0.445 e. The number of ether oxygens (including phenoxy) is 1. The molecule has 0 aliphatic heterocycles. The Bertz CT molecular complexity index is 519. The van der Waals surface area contributed by atoms with Gasteiger partial charge in [0.1, 0.15) is 13.2 Å². The number of alkyl carbamates (subject to hydrolysis) is 1. The van der Waals surface area contributed by atoms with Gasteiger partial charge in [0.05, 0.1) is 6.54 Å². The summed E-state index contributed by atoms with van der Waals surface area (Å²) in [4.78, 5) is 34.4. The number of hydrogen-bond acceptors (Lipinski definition) is 4. The van der Waals surface area contributed by atoms with Crippen LogP contribution in [0.5, 0.6) is 0 Å². The van der Waals surface area contributed by atoms with E-state index in [0.29, 0.717) is 0 Å². The maximum atomic E-state index is 11.5. The van der Waals surface area contributed by atoms with Gasteiger partial charge in [0.2, 0.25) is 11.8 Å². The van der Waals surface area contributed by atoms with Gasteiger partial charge in [-0.3, -0.25) is 9.59 Å². The highest BCUT2D eigenvalue weighted by Crippen LogP contribution is 2.00. The van der Waals surface area contributed by atoms with Gasteiger partial charge in [-0.1, -0.05) is 37.3 Å². The first-order valence-electron chi connectivity index (χ1n) is 7.52. The van der Waals surface area contributed by atoms with Crippen molar-refractivity contribution >= 4 is 17.9 Å². The van der Waals surface area contributed by atoms with Crippen LogP contribution in [0.15, 0.2) is 30.3 Å². The first-order valence-corrected chi connectivity index (χ1v) is 7.52. The molecule has 126 valence electrons. The van der Waals surface area contributed by atoms with Crippen LogP contribution in [-0.2, 0) is 20.9 Å². The average molecular weight is 321 g/mol. The molecule has 7 nitrogen and oxygen atoms in total. The third-order valence-corrected chi connectivity index (χ3v) is 3.07. The quantitative estimate of drug-likeness (QED) is 0.664. The molecule has 23 heavy (non-hydrogen) atoms. The maximum absolute atomic E-state index is 11.5. The number of carbonyl (C=O) groups is 3. The average Bonchev–Trinajstić information content (AvgIpc) is 2.57. The lowest BCUT2D eigenvalue weighted by molar-refractivity contribution is -0.125. The van der Waals surface area contributed by atoms with Crippen LogP contribution in [0.2, 0.25) is 0 Å². The van der Waals surface area contributed by atoms with E-state index in [-0.39, 0.29) is 31.6 Å². The maximum Gasteiger partial charge on any atom is 0.407 e. The van der Waals surface area contributed by atoms with Crippen LogP contribution >= 0.6 is 0 Å². The fourth-order valence-corrected chi connectivity index (χ4v) is 1.60. The Morgan fingerprint density at radius 2 is 1.70 bits per heavy atom. The minimum Gasteiger partial charge on any atom is -0.445 e. The smallest absolute Gasteiger partial charge is 0.407 e. The zero-order chi connectivity index (χ0) is 17.1. The number of rotatable bonds is 8. The number of hydrogen-bond donors (Lipinski definition) is 3. The van der Waals surface area contributed by atoms with Gasteiger partial charge in [0, 0.05) is 6.04 Å². The molecule has 0 aliphatic rings. The van der Waals surface area contributed by atoms with Gasteiger partial charge in [-0.15, -0.1) is 0 Å². The Morgan fingerprint density at radius 1 is 1.04 bits per heavy atom. The summed E-state index contributed by atoms with van der Waals surface area (Å²) >= 11 is 0. The second kappa shape index (κ2) is 10.2. The highest BCUT2D eigenvalue weighted by molar-refractivity contribution is 5.87. The summed E-state index contributed by atoms with van der Waals surface area (Å²) in [5.74, 6) is -0.722. The molecular weight excluding hydrogens is 298 g/mol. The molecule has 1 aromatic rings. The summed E-state index contributed by atoms with van der Waals surface area (Å²) in [7, 11) is 0. The summed E-state index contributed by atoms with van der Waals surface area (Å²) in [5, 5.41) is 7.47. The molecule has 1 rings (SSSR count). The summed E-state index contributed by atoms with van der Waals surface area (Å²) < 4.78 is 4.96. The molecule has 0 spiro atoms. The minimum atomic E-state index is -0.687. The molecule has 3 N–H and O–H groups in total. The third-order valence-electron chi connectivity index (χ3n) is 3.07. The Morgan fingerprint density at radius 3 is 2.35 bits per heavy atom. The zero-order valence-electron chi connectivity index (χ0n) is 13.4. The molecule has 3 amide bonds. The Hall–Kier alpha value is -2.57. The van der Waals surface area contributed by atoms with Crippen molar-refractivity contribution in [2.75, 3.05) is 13.1 Å². The predicted octanol–water partition coefficient (Wildman–Crippen LogP) is 0.944. The van der Waals surface area contributed by atoms with E-state index in [2.05, 4.69) is 16.0 Å². The molecule has 1 aromatic carbocycles. The fraction of sp³-hybridized carbons (Fsp3) is 0.438. The molecule has 0 bridgehead atoms. The number of carbonyl (C=O) groups excluding carboxylic acids is 3. The molecule has 0 saturated heterocycles. The first kappa shape index (κ1) is 18.5. The van der Waals surface area contributed by atoms with Crippen molar-refractivity contribution in [2.24, 2.45) is 0 Å². The van der Waals surface area contributed by atoms with E-state index in [1.54, 1.807) is 0 Å². The second-order valence-electron chi connectivity index (χ2n) is 5.07. The van der Waals surface area contributed by atoms with E-state index in [4.69, 9.17) is 4.74 Å². The molecule has 0 heterocycles. The fourth-order valence-electron chi connectivity index (χ4n) is 1.60. The van der Waals surface area contributed by atoms with E-state index in [1.165, 1.54) is 0 Å². The van der Waals surface area contributed by atoms with E-state index in [1.807, 2.05) is 44.2 Å². The van der Waals surface area contributed by atoms with Gasteiger partial charge < -0.3 is 20.7 Å². The van der Waals surface area contributed by atoms with Crippen molar-refractivity contribution in [1.29, 1.82) is 0 Å². The van der Waals surface area contributed by atoms with Gasteiger partial charge in [-0.2, -0.15) is 0 Å². The summed E-state index contributed by atoms with van der Waals surface area (Å²) in [6.45, 7) is 3.60. The van der Waals surface area contributed by atoms with Crippen molar-refractivity contribution in [2.45, 2.75) is 32.9 Å². The van der Waals surface area contributed by atoms with Gasteiger partial charge in [-0.25, -0.2) is 4.79 Å². The lowest BCUT2D eigenvalue weighted by atomic mass is 10.2. The Labute approximate surface area is 135 Å². The van der Waals surface area contributed by atoms with Crippen LogP contribution in [0, 0.1) is 0 Å². The van der Waals surface area contributed by atoms with Gasteiger partial charge >= 0.3 is 6.09 Å². The standard InChI is InChI=1S/C16H23N3O4/c1-3-12(2)19-15(21)10-17-14(20)9-18-16(22)23-11-13-7-5-4-6-8-13/h4-8,12H,3,9-11H2,1-2H3,(H,17,20)(H,18,22)(H,19,21)/t12-/m1/s1. The topological polar surface area (TPSA) is 96.5 Å². The van der Waals surface area contributed by atoms with Crippen LogP contribution in [0.25, 0.3) is 0 Å². The Balaban J connectivity index is 2.15. The van der Waals surface area contributed by atoms with Crippen LogP contribution in [0.3, 0.4) is 0 Å². The number of benzene rings is 1. The predicted molar refractivity (Wildman–Crippen MR) is 85.5 cm³/mol. The van der Waals surface area contributed by atoms with E-state index in [0.717, 1.165) is 12.0 Å². The van der Waals surface area contributed by atoms with Crippen LogP contribution < -0.4 is 16.0 Å². The van der Waals surface area contributed by atoms with Crippen LogP contribution in [0.4, 0.5) is 4.79 Å². The lowest BCUT2D eigenvalue weighted by Crippen LogP contribution is -2.43. The number of nitrogens with one attached hydrogen (secondary N) is 3. The summed E-state index contributed by atoms with van der Waals surface area (Å²) in [5.41, 5.74) is 0.855. The van der Waals surface area contributed by atoms with Crippen molar-refractivity contribution in [1.82, 2.24) is 16.0 Å². The first-order chi connectivity index (χ1) is 11.0. The lowest BCUT2D eigenvalue weighted by Gasteiger charge is -2.12. The molecule has 7 heteroatoms. The van der Waals surface area contributed by atoms with Gasteiger partial charge in [0.15, 0.2) is 0 Å². The molecule has 0 aliphatic carbocycles. The zero-order valence-corrected chi connectivity index (χ0v) is 13.4. The van der Waals surface area contributed by atoms with Crippen molar-refractivity contribution in [3.8, 4) is 0 Å². The molecule has 0 fully saturated rings. The number of amides is 3. The van der Waals surface area contributed by atoms with Gasteiger partial charge in [-0.05, 0) is 18.9 Å². The SMILES string of the molecule is CC[C@@H](C)NC(=O)CNC(=O)CNC(=O)OCc1ccccc1. The Kier molecular flexibility index (Phi) is 8.20. The van der Waals surface area contributed by atoms with Crippen LogP contribution in [0.1, 0.15) is 25.8 Å².